The fraction of sp³-hybridized carbons (Fsp3) is 0.267. The number of benzene rings is 1. The van der Waals surface area contributed by atoms with Gasteiger partial charge in [-0.1, -0.05) is 12.1 Å². The molecule has 0 spiro atoms. The third kappa shape index (κ3) is 3.88. The van der Waals surface area contributed by atoms with Crippen LogP contribution in [0.1, 0.15) is 5.56 Å². The summed E-state index contributed by atoms with van der Waals surface area (Å²) in [7, 11) is 1.56. The van der Waals surface area contributed by atoms with Crippen molar-refractivity contribution in [3.8, 4) is 0 Å². The summed E-state index contributed by atoms with van der Waals surface area (Å²) < 4.78 is 33.0. The van der Waals surface area contributed by atoms with E-state index in [2.05, 4.69) is 5.32 Å². The van der Waals surface area contributed by atoms with E-state index in [1.165, 1.54) is 22.8 Å². The molecule has 0 amide bonds. The maximum absolute atomic E-state index is 13.5. The molecule has 1 aromatic heterocycles. The molecule has 0 aliphatic rings. The fourth-order valence-electron chi connectivity index (χ4n) is 1.88. The molecule has 0 saturated carbocycles. The van der Waals surface area contributed by atoms with Gasteiger partial charge in [0.15, 0.2) is 11.6 Å². The summed E-state index contributed by atoms with van der Waals surface area (Å²) in [5, 5.41) is 2.97. The molecule has 21 heavy (non-hydrogen) atoms. The number of nitrogens with zero attached hydrogens (tertiary/aromatic N) is 1. The monoisotopic (exact) mass is 294 g/mol. The lowest BCUT2D eigenvalue weighted by Gasteiger charge is -2.10. The van der Waals surface area contributed by atoms with Crippen molar-refractivity contribution in [3.63, 3.8) is 0 Å². The first-order valence-corrected chi connectivity index (χ1v) is 6.48. The first-order chi connectivity index (χ1) is 10.1. The standard InChI is InChI=1S/C15H16F2N2O2/c1-21-8-7-19-10-12(5-6-14(19)20)18-9-11-3-2-4-13(16)15(11)17/h2-6,10,18H,7-9H2,1H3. The minimum Gasteiger partial charge on any atom is -0.383 e. The Balaban J connectivity index is 2.09. The Hall–Kier alpha value is -2.21. The number of anilines is 1. The summed E-state index contributed by atoms with van der Waals surface area (Å²) in [4.78, 5) is 11.6. The van der Waals surface area contributed by atoms with Crippen molar-refractivity contribution in [2.24, 2.45) is 0 Å². The minimum atomic E-state index is -0.876. The van der Waals surface area contributed by atoms with Crippen LogP contribution in [0.5, 0.6) is 0 Å². The van der Waals surface area contributed by atoms with Gasteiger partial charge in [0.1, 0.15) is 0 Å². The van der Waals surface area contributed by atoms with Crippen LogP contribution in [0.25, 0.3) is 0 Å². The van der Waals surface area contributed by atoms with E-state index in [0.29, 0.717) is 18.8 Å². The molecule has 112 valence electrons. The molecule has 0 bridgehead atoms. The largest absolute Gasteiger partial charge is 0.383 e. The molecule has 0 saturated heterocycles. The van der Waals surface area contributed by atoms with Crippen LogP contribution in [0.15, 0.2) is 41.3 Å². The number of hydrogen-bond acceptors (Lipinski definition) is 3. The highest BCUT2D eigenvalue weighted by Crippen LogP contribution is 2.13. The zero-order valence-corrected chi connectivity index (χ0v) is 11.6. The van der Waals surface area contributed by atoms with Gasteiger partial charge in [0.2, 0.25) is 0 Å². The Morgan fingerprint density at radius 2 is 2.05 bits per heavy atom. The van der Waals surface area contributed by atoms with E-state index in [9.17, 15) is 13.6 Å². The van der Waals surface area contributed by atoms with Crippen LogP contribution < -0.4 is 10.9 Å². The van der Waals surface area contributed by atoms with Crippen LogP contribution in [-0.2, 0) is 17.8 Å². The van der Waals surface area contributed by atoms with E-state index in [1.807, 2.05) is 0 Å². The maximum Gasteiger partial charge on any atom is 0.250 e. The molecule has 1 heterocycles. The minimum absolute atomic E-state index is 0.131. The van der Waals surface area contributed by atoms with Crippen molar-refractivity contribution in [3.05, 3.63) is 64.1 Å². The van der Waals surface area contributed by atoms with Gasteiger partial charge in [-0.05, 0) is 12.1 Å². The molecule has 0 atom stereocenters. The molecule has 2 rings (SSSR count). The second-order valence-electron chi connectivity index (χ2n) is 4.51. The van der Waals surface area contributed by atoms with Gasteiger partial charge in [-0.15, -0.1) is 0 Å². The van der Waals surface area contributed by atoms with Crippen LogP contribution in [0.3, 0.4) is 0 Å². The van der Waals surface area contributed by atoms with Crippen molar-refractivity contribution in [1.29, 1.82) is 0 Å². The first kappa shape index (κ1) is 15.2. The van der Waals surface area contributed by atoms with Gasteiger partial charge in [0.25, 0.3) is 5.56 Å². The summed E-state index contributed by atoms with van der Waals surface area (Å²) >= 11 is 0. The van der Waals surface area contributed by atoms with E-state index >= 15 is 0 Å². The summed E-state index contributed by atoms with van der Waals surface area (Å²) in [6.45, 7) is 0.979. The summed E-state index contributed by atoms with van der Waals surface area (Å²) in [5.74, 6) is -1.74. The summed E-state index contributed by atoms with van der Waals surface area (Å²) in [5.41, 5.74) is 0.730. The Labute approximate surface area is 121 Å². The molecule has 0 fully saturated rings. The van der Waals surface area contributed by atoms with Gasteiger partial charge in [-0.3, -0.25) is 4.79 Å². The van der Waals surface area contributed by atoms with Gasteiger partial charge < -0.3 is 14.6 Å². The fourth-order valence-corrected chi connectivity index (χ4v) is 1.88. The summed E-state index contributed by atoms with van der Waals surface area (Å²) in [6, 6.07) is 7.05. The molecule has 1 aromatic carbocycles. The van der Waals surface area contributed by atoms with Gasteiger partial charge >= 0.3 is 0 Å². The number of nitrogens with one attached hydrogen (secondary N) is 1. The van der Waals surface area contributed by atoms with Crippen molar-refractivity contribution in [2.75, 3.05) is 19.0 Å². The van der Waals surface area contributed by atoms with Gasteiger partial charge in [0, 0.05) is 38.0 Å². The lowest BCUT2D eigenvalue weighted by atomic mass is 10.2. The number of aromatic nitrogens is 1. The number of ether oxygens (including phenoxy) is 1. The number of hydrogen-bond donors (Lipinski definition) is 1. The SMILES string of the molecule is COCCn1cc(NCc2cccc(F)c2F)ccc1=O. The average Bonchev–Trinajstić information content (AvgIpc) is 2.49. The van der Waals surface area contributed by atoms with Crippen LogP contribution in [0, 0.1) is 11.6 Å². The van der Waals surface area contributed by atoms with Crippen molar-refractivity contribution < 1.29 is 13.5 Å². The van der Waals surface area contributed by atoms with E-state index in [-0.39, 0.29) is 17.7 Å². The third-order valence-electron chi connectivity index (χ3n) is 3.03. The molecule has 1 N–H and O–H groups in total. The normalized spacial score (nSPS) is 10.6. The van der Waals surface area contributed by atoms with Crippen LogP contribution >= 0.6 is 0 Å². The molecule has 0 aliphatic heterocycles. The molecule has 2 aromatic rings. The van der Waals surface area contributed by atoms with Gasteiger partial charge in [-0.25, -0.2) is 8.78 Å². The highest BCUT2D eigenvalue weighted by molar-refractivity contribution is 5.41. The Morgan fingerprint density at radius 3 is 2.81 bits per heavy atom. The number of halogens is 2. The number of pyridine rings is 1. The van der Waals surface area contributed by atoms with E-state index in [1.54, 1.807) is 19.4 Å². The number of rotatable bonds is 6. The lowest BCUT2D eigenvalue weighted by Crippen LogP contribution is -2.21. The van der Waals surface area contributed by atoms with Crippen molar-refractivity contribution in [1.82, 2.24) is 4.57 Å². The van der Waals surface area contributed by atoms with E-state index in [0.717, 1.165) is 6.07 Å². The second kappa shape index (κ2) is 6.99. The van der Waals surface area contributed by atoms with Crippen molar-refractivity contribution in [2.45, 2.75) is 13.1 Å². The second-order valence-corrected chi connectivity index (χ2v) is 4.51. The Kier molecular flexibility index (Phi) is 5.05. The van der Waals surface area contributed by atoms with Crippen LogP contribution in [0.2, 0.25) is 0 Å². The smallest absolute Gasteiger partial charge is 0.250 e. The van der Waals surface area contributed by atoms with Crippen molar-refractivity contribution >= 4 is 5.69 Å². The van der Waals surface area contributed by atoms with Gasteiger partial charge in [-0.2, -0.15) is 0 Å². The average molecular weight is 294 g/mol. The Bertz CT molecular complexity index is 671. The van der Waals surface area contributed by atoms with Crippen LogP contribution in [-0.4, -0.2) is 18.3 Å². The molecule has 0 radical (unpaired) electrons. The highest BCUT2D eigenvalue weighted by Gasteiger charge is 2.07. The molecule has 6 heteroatoms. The maximum atomic E-state index is 13.5. The molecule has 4 nitrogen and oxygen atoms in total. The topological polar surface area (TPSA) is 43.3 Å². The summed E-state index contributed by atoms with van der Waals surface area (Å²) in [6.07, 6.45) is 1.62. The predicted octanol–water partition coefficient (Wildman–Crippen LogP) is 2.39. The third-order valence-corrected chi connectivity index (χ3v) is 3.03. The van der Waals surface area contributed by atoms with Crippen LogP contribution in [0.4, 0.5) is 14.5 Å². The van der Waals surface area contributed by atoms with E-state index < -0.39 is 11.6 Å². The molecule has 0 unspecified atom stereocenters. The predicted molar refractivity (Wildman–Crippen MR) is 76.3 cm³/mol. The quantitative estimate of drug-likeness (QED) is 0.889. The molecular formula is C15H16F2N2O2. The first-order valence-electron chi connectivity index (χ1n) is 6.48. The van der Waals surface area contributed by atoms with Gasteiger partial charge in [0.05, 0.1) is 12.3 Å². The number of methoxy groups -OCH3 is 1. The molecule has 0 aliphatic carbocycles. The zero-order valence-electron chi connectivity index (χ0n) is 11.6. The Morgan fingerprint density at radius 1 is 1.24 bits per heavy atom. The lowest BCUT2D eigenvalue weighted by molar-refractivity contribution is 0.186. The van der Waals surface area contributed by atoms with E-state index in [4.69, 9.17) is 4.74 Å². The molecular weight excluding hydrogens is 278 g/mol. The highest BCUT2D eigenvalue weighted by atomic mass is 19.2. The zero-order chi connectivity index (χ0) is 15.2.